The van der Waals surface area contributed by atoms with Gasteiger partial charge in [0.25, 0.3) is 5.91 Å². The van der Waals surface area contributed by atoms with Gasteiger partial charge in [-0.2, -0.15) is 0 Å². The number of imide groups is 1. The summed E-state index contributed by atoms with van der Waals surface area (Å²) in [5.41, 5.74) is 1.10. The van der Waals surface area contributed by atoms with E-state index in [-0.39, 0.29) is 11.5 Å². The van der Waals surface area contributed by atoms with E-state index in [1.165, 1.54) is 24.3 Å². The van der Waals surface area contributed by atoms with Gasteiger partial charge in [0.1, 0.15) is 6.04 Å². The number of aromatic carboxylic acids is 1. The lowest BCUT2D eigenvalue weighted by molar-refractivity contribution is -0.139. The average molecular weight is 421 g/mol. The average Bonchev–Trinajstić information content (AvgIpc) is 3.03. The van der Waals surface area contributed by atoms with Gasteiger partial charge in [-0.05, 0) is 29.8 Å². The minimum atomic E-state index is -1.08. The fourth-order valence-electron chi connectivity index (χ4n) is 4.27. The topological polar surface area (TPSA) is 101 Å². The number of aliphatic hydroxyl groups is 1. The predicted octanol–water partition coefficient (Wildman–Crippen LogP) is 1.69. The van der Waals surface area contributed by atoms with Crippen LogP contribution in [0.1, 0.15) is 22.0 Å². The van der Waals surface area contributed by atoms with Crippen LogP contribution in [0.3, 0.4) is 0 Å². The van der Waals surface area contributed by atoms with Crippen molar-refractivity contribution in [3.63, 3.8) is 0 Å². The van der Waals surface area contributed by atoms with Crippen LogP contribution in [0.5, 0.6) is 0 Å². The number of rotatable bonds is 5. The van der Waals surface area contributed by atoms with Crippen molar-refractivity contribution in [1.82, 2.24) is 10.0 Å². The summed E-state index contributed by atoms with van der Waals surface area (Å²) in [6.45, 7) is 0. The van der Waals surface area contributed by atoms with Crippen LogP contribution in [0.2, 0.25) is 0 Å². The summed E-state index contributed by atoms with van der Waals surface area (Å²) in [5, 5.41) is 23.6. The molecule has 8 heteroatoms. The first kappa shape index (κ1) is 20.9. The van der Waals surface area contributed by atoms with Crippen LogP contribution in [0, 0.1) is 5.92 Å². The highest BCUT2D eigenvalue weighted by Crippen LogP contribution is 2.38. The molecule has 0 radical (unpaired) electrons. The van der Waals surface area contributed by atoms with E-state index in [0.717, 1.165) is 4.90 Å². The number of hydrogen-bond donors (Lipinski definition) is 2. The molecule has 8 nitrogen and oxygen atoms in total. The number of carboxylic acid groups (broad SMARTS) is 1. The Balaban J connectivity index is 1.68. The van der Waals surface area contributed by atoms with Gasteiger partial charge in [0.15, 0.2) is 0 Å². The van der Waals surface area contributed by atoms with E-state index >= 15 is 0 Å². The van der Waals surface area contributed by atoms with Crippen molar-refractivity contribution in [3.8, 4) is 0 Å². The van der Waals surface area contributed by atoms with Crippen LogP contribution in [0.15, 0.2) is 66.7 Å². The molecule has 0 aromatic heterocycles. The van der Waals surface area contributed by atoms with Crippen LogP contribution in [-0.2, 0) is 9.59 Å². The highest BCUT2D eigenvalue weighted by molar-refractivity contribution is 6.24. The Morgan fingerprint density at radius 1 is 0.968 bits per heavy atom. The first-order valence-electron chi connectivity index (χ1n) is 9.89. The van der Waals surface area contributed by atoms with Gasteiger partial charge in [-0.1, -0.05) is 42.5 Å². The van der Waals surface area contributed by atoms with Gasteiger partial charge < -0.3 is 10.2 Å². The van der Waals surface area contributed by atoms with Crippen LogP contribution >= 0.6 is 0 Å². The molecule has 2 aliphatic rings. The van der Waals surface area contributed by atoms with E-state index in [1.54, 1.807) is 36.3 Å². The van der Waals surface area contributed by atoms with Gasteiger partial charge in [-0.3, -0.25) is 9.59 Å². The minimum Gasteiger partial charge on any atom is -0.478 e. The zero-order chi connectivity index (χ0) is 22.3. The van der Waals surface area contributed by atoms with Crippen molar-refractivity contribution in [3.05, 3.63) is 77.9 Å². The highest BCUT2D eigenvalue weighted by Gasteiger charge is 2.54. The number of nitrogens with zero attached hydrogens (tertiary/aromatic N) is 3. The van der Waals surface area contributed by atoms with Crippen molar-refractivity contribution in [2.75, 3.05) is 19.0 Å². The monoisotopic (exact) mass is 421 g/mol. The number of hydrogen-bond acceptors (Lipinski definition) is 6. The van der Waals surface area contributed by atoms with Crippen LogP contribution in [0.4, 0.5) is 5.69 Å². The first-order valence-corrected chi connectivity index (χ1v) is 9.89. The Bertz CT molecular complexity index is 1030. The molecule has 2 aromatic rings. The normalized spacial score (nSPS) is 24.5. The zero-order valence-corrected chi connectivity index (χ0v) is 17.1. The molecule has 2 aromatic carbocycles. The maximum Gasteiger partial charge on any atom is 0.335 e. The second-order valence-electron chi connectivity index (χ2n) is 7.79. The fraction of sp³-hybridized carbons (Fsp3) is 0.261. The van der Waals surface area contributed by atoms with Gasteiger partial charge in [-0.15, -0.1) is 0 Å². The molecule has 4 rings (SSSR count). The van der Waals surface area contributed by atoms with Crippen molar-refractivity contribution >= 4 is 23.5 Å². The summed E-state index contributed by atoms with van der Waals surface area (Å²) < 4.78 is 0. The number of benzene rings is 2. The molecular weight excluding hydrogens is 398 g/mol. The summed E-state index contributed by atoms with van der Waals surface area (Å²) in [6, 6.07) is 13.4. The lowest BCUT2D eigenvalue weighted by atomic mass is 9.90. The Labute approximate surface area is 179 Å². The molecule has 0 spiro atoms. The van der Waals surface area contributed by atoms with E-state index in [4.69, 9.17) is 5.11 Å². The lowest BCUT2D eigenvalue weighted by Gasteiger charge is -2.43. The highest BCUT2D eigenvalue weighted by atomic mass is 16.4. The van der Waals surface area contributed by atoms with Gasteiger partial charge in [-0.25, -0.2) is 19.7 Å². The zero-order valence-electron chi connectivity index (χ0n) is 17.1. The molecular formula is C23H23N3O5. The Hall–Kier alpha value is -3.33. The largest absolute Gasteiger partial charge is 0.478 e. The van der Waals surface area contributed by atoms with E-state index in [9.17, 15) is 19.5 Å². The molecule has 160 valence electrons. The Kier molecular flexibility index (Phi) is 5.45. The summed E-state index contributed by atoms with van der Waals surface area (Å²) >= 11 is 0. The number of anilines is 1. The van der Waals surface area contributed by atoms with Crippen molar-refractivity contribution < 1.29 is 24.6 Å². The fourth-order valence-corrected chi connectivity index (χ4v) is 4.27. The van der Waals surface area contributed by atoms with Crippen LogP contribution in [0.25, 0.3) is 0 Å². The molecule has 1 saturated heterocycles. The molecule has 2 amide bonds. The summed E-state index contributed by atoms with van der Waals surface area (Å²) in [7, 11) is 3.53. The maximum absolute atomic E-state index is 13.4. The van der Waals surface area contributed by atoms with E-state index in [2.05, 4.69) is 0 Å². The van der Waals surface area contributed by atoms with E-state index in [1.807, 2.05) is 30.3 Å². The molecule has 4 atom stereocenters. The van der Waals surface area contributed by atoms with Gasteiger partial charge >= 0.3 is 5.97 Å². The Morgan fingerprint density at radius 3 is 2.19 bits per heavy atom. The molecule has 0 unspecified atom stereocenters. The SMILES string of the molecule is CN(C)N1[C@H]([C@@H](O)c2ccccc2)C=C[C@@H]2C(=O)N(c3ccc(C(=O)O)cc3)C(=O)[C@@H]21. The number of carbonyl (C=O) groups is 3. The van der Waals surface area contributed by atoms with Crippen molar-refractivity contribution in [1.29, 1.82) is 0 Å². The molecule has 2 heterocycles. The summed E-state index contributed by atoms with van der Waals surface area (Å²) in [5.74, 6) is -2.58. The molecule has 31 heavy (non-hydrogen) atoms. The van der Waals surface area contributed by atoms with Crippen LogP contribution < -0.4 is 4.90 Å². The predicted molar refractivity (Wildman–Crippen MR) is 113 cm³/mol. The van der Waals surface area contributed by atoms with Crippen molar-refractivity contribution in [2.24, 2.45) is 5.92 Å². The molecule has 1 fully saturated rings. The quantitative estimate of drug-likeness (QED) is 0.560. The third-order valence-electron chi connectivity index (χ3n) is 5.72. The molecule has 2 N–H and O–H groups in total. The van der Waals surface area contributed by atoms with Gasteiger partial charge in [0.05, 0.1) is 29.3 Å². The molecule has 0 bridgehead atoms. The third kappa shape index (κ3) is 3.54. The van der Waals surface area contributed by atoms with Crippen molar-refractivity contribution in [2.45, 2.75) is 18.2 Å². The molecule has 2 aliphatic heterocycles. The number of carbonyl (C=O) groups excluding carboxylic acids is 2. The second kappa shape index (κ2) is 8.07. The summed E-state index contributed by atoms with van der Waals surface area (Å²) in [4.78, 5) is 38.7. The number of carboxylic acids is 1. The number of fused-ring (bicyclic) bond motifs is 1. The third-order valence-corrected chi connectivity index (χ3v) is 5.72. The maximum atomic E-state index is 13.4. The molecule has 0 saturated carbocycles. The molecule has 0 aliphatic carbocycles. The smallest absolute Gasteiger partial charge is 0.335 e. The second-order valence-corrected chi connectivity index (χ2v) is 7.79. The standard InChI is InChI=1S/C23H23N3O5/c1-24(2)26-18(20(27)14-6-4-3-5-7-14)13-12-17-19(26)22(29)25(21(17)28)16-10-8-15(9-11-16)23(30)31/h3-13,17-20,27H,1-2H3,(H,30,31)/t17-,18-,19+,20-/m0/s1. The number of hydrazine groups is 1. The Morgan fingerprint density at radius 2 is 1.61 bits per heavy atom. The van der Waals surface area contributed by atoms with Crippen LogP contribution in [-0.4, -0.2) is 64.2 Å². The lowest BCUT2D eigenvalue weighted by Crippen LogP contribution is -2.58. The first-order chi connectivity index (χ1) is 14.8. The van der Waals surface area contributed by atoms with Gasteiger partial charge in [0, 0.05) is 14.1 Å². The summed E-state index contributed by atoms with van der Waals surface area (Å²) in [6.07, 6.45) is 2.56. The van der Waals surface area contributed by atoms with Gasteiger partial charge in [0.2, 0.25) is 5.91 Å². The van der Waals surface area contributed by atoms with E-state index < -0.39 is 36.0 Å². The minimum absolute atomic E-state index is 0.0705. The number of aliphatic hydroxyl groups excluding tert-OH is 1. The number of amides is 2. The van der Waals surface area contributed by atoms with E-state index in [0.29, 0.717) is 11.3 Å².